The van der Waals surface area contributed by atoms with Crippen molar-refractivity contribution >= 4 is 17.9 Å². The van der Waals surface area contributed by atoms with Gasteiger partial charge < -0.3 is 29.7 Å². The van der Waals surface area contributed by atoms with Crippen LogP contribution in [0, 0.1) is 0 Å². The number of methoxy groups -OCH3 is 1. The van der Waals surface area contributed by atoms with Gasteiger partial charge >= 0.3 is 6.09 Å². The first-order valence-corrected chi connectivity index (χ1v) is 10.7. The van der Waals surface area contributed by atoms with Crippen LogP contribution in [0.25, 0.3) is 0 Å². The SMILES string of the molecule is COCCNC(=O)CN1CCc2cc(OC/C(=C/F)CNC(=O)OC(C)(C)C)ccc2C1=O. The molecule has 0 spiro atoms. The fraction of sp³-hybridized carbons (Fsp3) is 0.522. The van der Waals surface area contributed by atoms with Crippen molar-refractivity contribution in [1.82, 2.24) is 15.5 Å². The van der Waals surface area contributed by atoms with E-state index in [2.05, 4.69) is 10.6 Å². The molecular weight excluding hydrogens is 433 g/mol. The maximum atomic E-state index is 13.2. The molecule has 182 valence electrons. The van der Waals surface area contributed by atoms with Crippen molar-refractivity contribution in [2.24, 2.45) is 0 Å². The second kappa shape index (κ2) is 12.2. The zero-order valence-electron chi connectivity index (χ0n) is 19.5. The predicted octanol–water partition coefficient (Wildman–Crippen LogP) is 2.20. The Balaban J connectivity index is 1.88. The van der Waals surface area contributed by atoms with Crippen LogP contribution in [0.3, 0.4) is 0 Å². The molecule has 1 aliphatic rings. The number of halogens is 1. The molecule has 0 aromatic heterocycles. The molecule has 1 aliphatic heterocycles. The Morgan fingerprint density at radius 1 is 1.24 bits per heavy atom. The number of fused-ring (bicyclic) bond motifs is 1. The molecule has 0 radical (unpaired) electrons. The largest absolute Gasteiger partial charge is 0.489 e. The Kier molecular flexibility index (Phi) is 9.65. The van der Waals surface area contributed by atoms with E-state index in [9.17, 15) is 18.8 Å². The Labute approximate surface area is 193 Å². The summed E-state index contributed by atoms with van der Waals surface area (Å²) in [5, 5.41) is 5.18. The zero-order valence-corrected chi connectivity index (χ0v) is 19.5. The number of amides is 3. The second-order valence-corrected chi connectivity index (χ2v) is 8.55. The van der Waals surface area contributed by atoms with Crippen LogP contribution < -0.4 is 15.4 Å². The molecule has 0 aliphatic carbocycles. The highest BCUT2D eigenvalue weighted by atomic mass is 19.1. The molecule has 0 saturated carbocycles. The van der Waals surface area contributed by atoms with Crippen LogP contribution in [0.15, 0.2) is 30.1 Å². The molecule has 2 rings (SSSR count). The molecule has 1 aromatic carbocycles. The molecule has 9 nitrogen and oxygen atoms in total. The summed E-state index contributed by atoms with van der Waals surface area (Å²) in [5.74, 6) is 0.00820. The van der Waals surface area contributed by atoms with E-state index >= 15 is 0 Å². The van der Waals surface area contributed by atoms with E-state index in [4.69, 9.17) is 14.2 Å². The van der Waals surface area contributed by atoms with E-state index in [1.807, 2.05) is 0 Å². The molecule has 0 saturated heterocycles. The number of benzene rings is 1. The van der Waals surface area contributed by atoms with Gasteiger partial charge in [0.2, 0.25) is 5.91 Å². The van der Waals surface area contributed by atoms with Gasteiger partial charge in [-0.1, -0.05) is 0 Å². The topological polar surface area (TPSA) is 106 Å². The molecule has 3 amide bonds. The van der Waals surface area contributed by atoms with Crippen molar-refractivity contribution < 1.29 is 33.0 Å². The van der Waals surface area contributed by atoms with Gasteiger partial charge in [-0.15, -0.1) is 0 Å². The van der Waals surface area contributed by atoms with E-state index in [0.29, 0.717) is 43.8 Å². The summed E-state index contributed by atoms with van der Waals surface area (Å²) in [6.07, 6.45) is 0.302. The average Bonchev–Trinajstić information content (AvgIpc) is 2.75. The molecule has 1 heterocycles. The third kappa shape index (κ3) is 8.72. The normalized spacial score (nSPS) is 13.9. The van der Waals surface area contributed by atoms with Gasteiger partial charge in [0.15, 0.2) is 0 Å². The molecule has 10 heteroatoms. The van der Waals surface area contributed by atoms with E-state index in [-0.39, 0.29) is 37.1 Å². The zero-order chi connectivity index (χ0) is 24.4. The summed E-state index contributed by atoms with van der Waals surface area (Å²) in [6, 6.07) is 5.00. The van der Waals surface area contributed by atoms with Crippen LogP contribution in [-0.4, -0.2) is 74.9 Å². The highest BCUT2D eigenvalue weighted by Crippen LogP contribution is 2.24. The van der Waals surface area contributed by atoms with Gasteiger partial charge in [-0.2, -0.15) is 0 Å². The Hall–Kier alpha value is -3.14. The quantitative estimate of drug-likeness (QED) is 0.513. The number of carbonyl (C=O) groups is 3. The van der Waals surface area contributed by atoms with E-state index in [1.54, 1.807) is 46.1 Å². The van der Waals surface area contributed by atoms with Gasteiger partial charge in [0.05, 0.1) is 19.5 Å². The van der Waals surface area contributed by atoms with Crippen LogP contribution in [-0.2, 0) is 20.7 Å². The van der Waals surface area contributed by atoms with Crippen molar-refractivity contribution in [2.45, 2.75) is 32.8 Å². The fourth-order valence-corrected chi connectivity index (χ4v) is 3.07. The molecule has 1 aromatic rings. The third-order valence-corrected chi connectivity index (χ3v) is 4.65. The molecule has 33 heavy (non-hydrogen) atoms. The summed E-state index contributed by atoms with van der Waals surface area (Å²) in [7, 11) is 1.55. The fourth-order valence-electron chi connectivity index (χ4n) is 3.07. The van der Waals surface area contributed by atoms with Crippen LogP contribution >= 0.6 is 0 Å². The molecule has 0 fully saturated rings. The summed E-state index contributed by atoms with van der Waals surface area (Å²) in [4.78, 5) is 37.9. The first-order valence-electron chi connectivity index (χ1n) is 10.7. The highest BCUT2D eigenvalue weighted by molar-refractivity contribution is 5.98. The first-order chi connectivity index (χ1) is 15.6. The van der Waals surface area contributed by atoms with E-state index in [0.717, 1.165) is 5.56 Å². The smallest absolute Gasteiger partial charge is 0.407 e. The number of carbonyl (C=O) groups excluding carboxylic acids is 3. The standard InChI is InChI=1S/C23H32FN3O6/c1-23(2,3)33-22(30)26-13-16(12-24)15-32-18-5-6-19-17(11-18)7-9-27(21(19)29)14-20(28)25-8-10-31-4/h5-6,11-12H,7-10,13-15H2,1-4H3,(H,25,28)(H,26,30)/b16-12+. The lowest BCUT2D eigenvalue weighted by molar-refractivity contribution is -0.122. The van der Waals surface area contributed by atoms with Crippen LogP contribution in [0.5, 0.6) is 5.75 Å². The van der Waals surface area contributed by atoms with Gasteiger partial charge in [-0.05, 0) is 51.0 Å². The maximum absolute atomic E-state index is 13.2. The predicted molar refractivity (Wildman–Crippen MR) is 120 cm³/mol. The van der Waals surface area contributed by atoms with Gasteiger partial charge in [-0.3, -0.25) is 9.59 Å². The lowest BCUT2D eigenvalue weighted by atomic mass is 9.98. The summed E-state index contributed by atoms with van der Waals surface area (Å²) in [6.45, 7) is 6.25. The molecule has 2 N–H and O–H groups in total. The number of alkyl carbamates (subject to hydrolysis) is 1. The van der Waals surface area contributed by atoms with Crippen LogP contribution in [0.2, 0.25) is 0 Å². The van der Waals surface area contributed by atoms with E-state index in [1.165, 1.54) is 4.90 Å². The Bertz CT molecular complexity index is 881. The minimum Gasteiger partial charge on any atom is -0.489 e. The van der Waals surface area contributed by atoms with Gasteiger partial charge in [0, 0.05) is 37.9 Å². The lowest BCUT2D eigenvalue weighted by Crippen LogP contribution is -2.44. The number of hydrogen-bond donors (Lipinski definition) is 2. The summed E-state index contributed by atoms with van der Waals surface area (Å²) < 4.78 is 28.8. The Morgan fingerprint density at radius 3 is 2.67 bits per heavy atom. The number of nitrogens with one attached hydrogen (secondary N) is 2. The van der Waals surface area contributed by atoms with Crippen molar-refractivity contribution in [1.29, 1.82) is 0 Å². The number of nitrogens with zero attached hydrogens (tertiary/aromatic N) is 1. The van der Waals surface area contributed by atoms with Gasteiger partial charge in [0.25, 0.3) is 5.91 Å². The second-order valence-electron chi connectivity index (χ2n) is 8.55. The maximum Gasteiger partial charge on any atom is 0.407 e. The van der Waals surface area contributed by atoms with Crippen molar-refractivity contribution in [3.63, 3.8) is 0 Å². The monoisotopic (exact) mass is 465 g/mol. The molecule has 0 unspecified atom stereocenters. The van der Waals surface area contributed by atoms with Crippen LogP contribution in [0.4, 0.5) is 9.18 Å². The minimum absolute atomic E-state index is 0.0183. The number of hydrogen-bond acceptors (Lipinski definition) is 6. The van der Waals surface area contributed by atoms with Gasteiger partial charge in [0.1, 0.15) is 18.0 Å². The summed E-state index contributed by atoms with van der Waals surface area (Å²) in [5.41, 5.74) is 0.877. The van der Waals surface area contributed by atoms with Gasteiger partial charge in [-0.25, -0.2) is 9.18 Å². The van der Waals surface area contributed by atoms with Crippen molar-refractivity contribution in [3.05, 3.63) is 41.2 Å². The van der Waals surface area contributed by atoms with E-state index < -0.39 is 11.7 Å². The minimum atomic E-state index is -0.649. The first kappa shape index (κ1) is 26.1. The summed E-state index contributed by atoms with van der Waals surface area (Å²) >= 11 is 0. The third-order valence-electron chi connectivity index (χ3n) is 4.65. The molecule has 0 atom stereocenters. The lowest BCUT2D eigenvalue weighted by Gasteiger charge is -2.28. The molecular formula is C23H32FN3O6. The van der Waals surface area contributed by atoms with Crippen molar-refractivity contribution in [3.8, 4) is 5.75 Å². The van der Waals surface area contributed by atoms with Crippen LogP contribution in [0.1, 0.15) is 36.7 Å². The number of rotatable bonds is 10. The average molecular weight is 466 g/mol. The number of ether oxygens (including phenoxy) is 3. The molecule has 0 bridgehead atoms. The van der Waals surface area contributed by atoms with Crippen molar-refractivity contribution in [2.75, 3.05) is 46.5 Å². The highest BCUT2D eigenvalue weighted by Gasteiger charge is 2.26. The Morgan fingerprint density at radius 2 is 2.00 bits per heavy atom.